The van der Waals surface area contributed by atoms with Crippen molar-refractivity contribution in [2.24, 2.45) is 0 Å². The predicted octanol–water partition coefficient (Wildman–Crippen LogP) is 3.75. The summed E-state index contributed by atoms with van der Waals surface area (Å²) in [5.74, 6) is -0.320. The second kappa shape index (κ2) is 15.0. The van der Waals surface area contributed by atoms with E-state index in [9.17, 15) is 22.8 Å². The van der Waals surface area contributed by atoms with Crippen LogP contribution in [0.25, 0.3) is 0 Å². The van der Waals surface area contributed by atoms with Crippen molar-refractivity contribution in [3.05, 3.63) is 75.2 Å². The van der Waals surface area contributed by atoms with Crippen molar-refractivity contribution in [1.82, 2.24) is 24.9 Å². The van der Waals surface area contributed by atoms with E-state index >= 15 is 0 Å². The maximum absolute atomic E-state index is 13.8. The van der Waals surface area contributed by atoms with Crippen molar-refractivity contribution < 1.29 is 37.0 Å². The van der Waals surface area contributed by atoms with Crippen LogP contribution < -0.4 is 24.5 Å². The Bertz CT molecular complexity index is 1540. The minimum Gasteiger partial charge on any atom is -0.496 e. The number of methoxy groups -OCH3 is 2. The first-order chi connectivity index (χ1) is 20.7. The molecule has 0 aliphatic rings. The van der Waals surface area contributed by atoms with Gasteiger partial charge in [-0.05, 0) is 58.2 Å². The lowest BCUT2D eigenvalue weighted by molar-refractivity contribution is 0.0513. The second-order valence-electron chi connectivity index (χ2n) is 10.6. The Morgan fingerprint density at radius 2 is 1.66 bits per heavy atom. The van der Waals surface area contributed by atoms with Crippen molar-refractivity contribution in [2.45, 2.75) is 52.7 Å². The number of carbonyl (C=O) groups is 3. The minimum absolute atomic E-state index is 0.0648. The third-order valence-corrected chi connectivity index (χ3v) is 7.71. The van der Waals surface area contributed by atoms with E-state index in [1.165, 1.54) is 19.6 Å². The van der Waals surface area contributed by atoms with E-state index in [0.29, 0.717) is 35.0 Å². The van der Waals surface area contributed by atoms with Gasteiger partial charge >= 0.3 is 16.3 Å². The van der Waals surface area contributed by atoms with Crippen molar-refractivity contribution in [1.29, 1.82) is 0 Å². The Hall–Kier alpha value is -4.21. The molecule has 2 aromatic carbocycles. The van der Waals surface area contributed by atoms with E-state index in [2.05, 4.69) is 4.98 Å². The zero-order chi connectivity index (χ0) is 32.5. The molecule has 13 nitrogen and oxygen atoms in total. The Morgan fingerprint density at radius 1 is 1.02 bits per heavy atom. The van der Waals surface area contributed by atoms with Gasteiger partial charge in [-0.15, -0.1) is 16.2 Å². The van der Waals surface area contributed by atoms with Gasteiger partial charge in [-0.25, -0.2) is 19.9 Å². The van der Waals surface area contributed by atoms with Gasteiger partial charge in [-0.3, -0.25) is 9.59 Å². The van der Waals surface area contributed by atoms with Crippen molar-refractivity contribution in [2.75, 3.05) is 20.8 Å². The summed E-state index contributed by atoms with van der Waals surface area (Å²) in [6.07, 6.45) is 0.342. The van der Waals surface area contributed by atoms with Crippen LogP contribution in [0.2, 0.25) is 0 Å². The summed E-state index contributed by atoms with van der Waals surface area (Å²) in [6.45, 7) is 7.09. The Labute approximate surface area is 261 Å². The lowest BCUT2D eigenvalue weighted by Crippen LogP contribution is -2.50. The molecule has 0 atom stereocenters. The first-order valence-electron chi connectivity index (χ1n) is 13.5. The minimum atomic E-state index is -4.48. The highest BCUT2D eigenvalue weighted by Gasteiger charge is 2.24. The molecule has 3 amide bonds. The van der Waals surface area contributed by atoms with Crippen LogP contribution >= 0.6 is 11.3 Å². The number of ether oxygens (including phenoxy) is 3. The predicted molar refractivity (Wildman–Crippen MR) is 165 cm³/mol. The van der Waals surface area contributed by atoms with Gasteiger partial charge in [-0.2, -0.15) is 8.42 Å². The molecule has 0 bridgehead atoms. The molecule has 0 saturated carbocycles. The number of aryl methyl sites for hydroxylation is 1. The Balaban J connectivity index is 1.75. The number of thiazole rings is 1. The molecule has 238 valence electrons. The normalized spacial score (nSPS) is 11.4. The SMILES string of the molecule is COc1cc(C(=O)N(CCCc2ccccc2)Cc2nc(C(=O)NS(=O)(=O)NNC(=O)OC(C)(C)C)cs2)cc(OC)c1C. The van der Waals surface area contributed by atoms with Crippen LogP contribution in [0.15, 0.2) is 47.8 Å². The number of benzene rings is 2. The lowest BCUT2D eigenvalue weighted by atomic mass is 10.1. The van der Waals surface area contributed by atoms with Gasteiger partial charge < -0.3 is 19.1 Å². The van der Waals surface area contributed by atoms with Crippen LogP contribution in [0.1, 0.15) is 64.2 Å². The molecule has 44 heavy (non-hydrogen) atoms. The number of rotatable bonds is 13. The summed E-state index contributed by atoms with van der Waals surface area (Å²) in [5, 5.41) is 1.79. The van der Waals surface area contributed by atoms with Crippen LogP contribution in [-0.2, 0) is 27.9 Å². The van der Waals surface area contributed by atoms with E-state index in [-0.39, 0.29) is 18.1 Å². The number of nitrogens with zero attached hydrogens (tertiary/aromatic N) is 2. The molecule has 3 rings (SSSR count). The molecule has 3 N–H and O–H groups in total. The van der Waals surface area contributed by atoms with E-state index in [0.717, 1.165) is 28.9 Å². The van der Waals surface area contributed by atoms with Gasteiger partial charge in [0.1, 0.15) is 27.8 Å². The number of hydrogen-bond acceptors (Lipinski definition) is 10. The van der Waals surface area contributed by atoms with Gasteiger partial charge in [0.25, 0.3) is 11.8 Å². The lowest BCUT2D eigenvalue weighted by Gasteiger charge is -2.23. The van der Waals surface area contributed by atoms with Crippen LogP contribution in [-0.4, -0.2) is 62.6 Å². The largest absolute Gasteiger partial charge is 0.496 e. The molecule has 0 spiro atoms. The monoisotopic (exact) mass is 647 g/mol. The zero-order valence-corrected chi connectivity index (χ0v) is 27.1. The first-order valence-corrected chi connectivity index (χ1v) is 15.9. The van der Waals surface area contributed by atoms with Gasteiger partial charge in [0, 0.05) is 23.1 Å². The van der Waals surface area contributed by atoms with Crippen molar-refractivity contribution in [3.63, 3.8) is 0 Å². The zero-order valence-electron chi connectivity index (χ0n) is 25.4. The molecule has 1 heterocycles. The van der Waals surface area contributed by atoms with Crippen molar-refractivity contribution in [3.8, 4) is 11.5 Å². The van der Waals surface area contributed by atoms with Crippen LogP contribution in [0, 0.1) is 6.92 Å². The smallest absolute Gasteiger partial charge is 0.423 e. The molecule has 0 radical (unpaired) electrons. The number of hydrazine groups is 1. The van der Waals surface area contributed by atoms with Crippen molar-refractivity contribution >= 4 is 39.5 Å². The van der Waals surface area contributed by atoms with Gasteiger partial charge in [-0.1, -0.05) is 30.3 Å². The number of carbonyl (C=O) groups excluding carboxylic acids is 3. The maximum Gasteiger partial charge on any atom is 0.423 e. The molecule has 15 heteroatoms. The summed E-state index contributed by atoms with van der Waals surface area (Å²) in [7, 11) is -1.46. The highest BCUT2D eigenvalue weighted by Crippen LogP contribution is 2.30. The summed E-state index contributed by atoms with van der Waals surface area (Å²) < 4.78 is 42.2. The number of nitrogens with one attached hydrogen (secondary N) is 3. The van der Waals surface area contributed by atoms with Gasteiger partial charge in [0.2, 0.25) is 0 Å². The standard InChI is InChI=1S/C29H37N5O8S2/c1-19-23(40-5)15-21(16-24(19)41-6)27(36)34(14-10-13-20-11-8-7-9-12-20)17-25-30-22(18-43-25)26(35)32-44(38,39)33-31-28(37)42-29(2,3)4/h7-9,11-12,15-16,18,33H,10,13-14,17H2,1-6H3,(H,31,37)(H,32,35). The topological polar surface area (TPSA) is 165 Å². The summed E-state index contributed by atoms with van der Waals surface area (Å²) >= 11 is 1.10. The molecule has 0 saturated heterocycles. The van der Waals surface area contributed by atoms with E-state index in [1.807, 2.05) is 42.7 Å². The Morgan fingerprint density at radius 3 is 2.25 bits per heavy atom. The molecule has 0 unspecified atom stereocenters. The summed E-state index contributed by atoms with van der Waals surface area (Å²) in [5.41, 5.74) is 3.05. The molecule has 0 fully saturated rings. The fourth-order valence-corrected chi connectivity index (χ4v) is 5.43. The summed E-state index contributed by atoms with van der Waals surface area (Å²) in [6, 6.07) is 13.2. The molecular weight excluding hydrogens is 610 g/mol. The van der Waals surface area contributed by atoms with E-state index in [1.54, 1.807) is 47.4 Å². The average molecular weight is 648 g/mol. The number of hydrogen-bond donors (Lipinski definition) is 3. The highest BCUT2D eigenvalue weighted by molar-refractivity contribution is 7.88. The highest BCUT2D eigenvalue weighted by atomic mass is 32.2. The van der Waals surface area contributed by atoms with Crippen LogP contribution in [0.3, 0.4) is 0 Å². The van der Waals surface area contributed by atoms with Gasteiger partial charge in [0.15, 0.2) is 0 Å². The average Bonchev–Trinajstić information content (AvgIpc) is 3.44. The maximum atomic E-state index is 13.8. The number of amides is 3. The molecule has 3 aromatic rings. The molecular formula is C29H37N5O8S2. The fourth-order valence-electron chi connectivity index (χ4n) is 4.03. The van der Waals surface area contributed by atoms with Crippen LogP contribution in [0.5, 0.6) is 11.5 Å². The molecule has 0 aliphatic heterocycles. The van der Waals surface area contributed by atoms with Crippen LogP contribution in [0.4, 0.5) is 4.79 Å². The molecule has 0 aliphatic carbocycles. The fraction of sp³-hybridized carbons (Fsp3) is 0.379. The Kier molecular flexibility index (Phi) is 11.7. The quantitative estimate of drug-likeness (QED) is 0.234. The van der Waals surface area contributed by atoms with E-state index < -0.39 is 27.8 Å². The third kappa shape index (κ3) is 10.2. The summed E-state index contributed by atoms with van der Waals surface area (Å²) in [4.78, 5) is 45.8. The van der Waals surface area contributed by atoms with Gasteiger partial charge in [0.05, 0.1) is 20.8 Å². The van der Waals surface area contributed by atoms with E-state index in [4.69, 9.17) is 14.2 Å². The first kappa shape index (κ1) is 34.3. The second-order valence-corrected chi connectivity index (χ2v) is 13.0. The molecule has 1 aromatic heterocycles. The third-order valence-electron chi connectivity index (χ3n) is 6.05. The number of aromatic nitrogens is 1.